The lowest BCUT2D eigenvalue weighted by Crippen LogP contribution is -2.24. The largest absolute Gasteiger partial charge is 0.465 e. The number of esters is 1. The molecule has 0 saturated heterocycles. The van der Waals surface area contributed by atoms with Crippen molar-refractivity contribution in [2.24, 2.45) is 0 Å². The second kappa shape index (κ2) is 7.60. The highest BCUT2D eigenvalue weighted by Crippen LogP contribution is 2.36. The van der Waals surface area contributed by atoms with Gasteiger partial charge in [0.2, 0.25) is 0 Å². The monoisotopic (exact) mass is 475 g/mol. The molecule has 4 nitrogen and oxygen atoms in total. The molecular weight excluding hydrogens is 462 g/mol. The minimum atomic E-state index is -0.531. The molecule has 1 aliphatic heterocycles. The molecule has 0 saturated carbocycles. The Hall–Kier alpha value is -2.18. The first-order chi connectivity index (χ1) is 12.4. The van der Waals surface area contributed by atoms with Gasteiger partial charge in [-0.2, -0.15) is 0 Å². The predicted molar refractivity (Wildman–Crippen MR) is 108 cm³/mol. The Kier molecular flexibility index (Phi) is 5.44. The van der Waals surface area contributed by atoms with Crippen molar-refractivity contribution in [1.29, 1.82) is 0 Å². The van der Waals surface area contributed by atoms with Crippen molar-refractivity contribution in [2.45, 2.75) is 6.92 Å². The number of benzene rings is 2. The van der Waals surface area contributed by atoms with Crippen LogP contribution in [0.5, 0.6) is 0 Å². The molecule has 0 radical (unpaired) electrons. The molecule has 26 heavy (non-hydrogen) atoms. The van der Waals surface area contributed by atoms with E-state index in [0.29, 0.717) is 17.0 Å². The van der Waals surface area contributed by atoms with Crippen LogP contribution < -0.4 is 4.90 Å². The Bertz CT molecular complexity index is 946. The molecule has 1 amide bonds. The van der Waals surface area contributed by atoms with Crippen LogP contribution in [0.15, 0.2) is 74.3 Å². The average molecular weight is 477 g/mol. The SMILES string of the molecule is COC(=O)C1=C(C)N(c2cccc(Br)c2)C(=O)/C1=C\c1ccc(Br)cc1. The molecule has 0 N–H and O–H groups in total. The van der Waals surface area contributed by atoms with Gasteiger partial charge < -0.3 is 4.74 Å². The van der Waals surface area contributed by atoms with Crippen LogP contribution in [-0.4, -0.2) is 19.0 Å². The van der Waals surface area contributed by atoms with Crippen molar-refractivity contribution < 1.29 is 14.3 Å². The Balaban J connectivity index is 2.13. The standard InChI is InChI=1S/C20H15Br2NO3/c1-12-18(20(25)26-2)17(10-13-6-8-14(21)9-7-13)19(24)23(12)16-5-3-4-15(22)11-16/h3-11H,1-2H3/b17-10-. The van der Waals surface area contributed by atoms with E-state index in [-0.39, 0.29) is 11.5 Å². The summed E-state index contributed by atoms with van der Waals surface area (Å²) in [5, 5.41) is 0. The molecule has 2 aromatic rings. The van der Waals surface area contributed by atoms with Crippen LogP contribution in [0.3, 0.4) is 0 Å². The summed E-state index contributed by atoms with van der Waals surface area (Å²) >= 11 is 6.81. The number of allylic oxidation sites excluding steroid dienone is 1. The van der Waals surface area contributed by atoms with Gasteiger partial charge in [0, 0.05) is 14.6 Å². The number of carbonyl (C=O) groups excluding carboxylic acids is 2. The van der Waals surface area contributed by atoms with Crippen LogP contribution in [0.25, 0.3) is 6.08 Å². The molecule has 1 aliphatic rings. The maximum Gasteiger partial charge on any atom is 0.340 e. The van der Waals surface area contributed by atoms with E-state index >= 15 is 0 Å². The average Bonchev–Trinajstić information content (AvgIpc) is 2.86. The van der Waals surface area contributed by atoms with Crippen LogP contribution in [0.2, 0.25) is 0 Å². The van der Waals surface area contributed by atoms with Gasteiger partial charge in [-0.1, -0.05) is 50.1 Å². The molecule has 0 aromatic heterocycles. The fourth-order valence-corrected chi connectivity index (χ4v) is 3.48. The van der Waals surface area contributed by atoms with Crippen molar-refractivity contribution in [3.8, 4) is 0 Å². The number of halogens is 2. The number of methoxy groups -OCH3 is 1. The van der Waals surface area contributed by atoms with E-state index < -0.39 is 5.97 Å². The van der Waals surface area contributed by atoms with E-state index in [1.165, 1.54) is 12.0 Å². The van der Waals surface area contributed by atoms with Crippen LogP contribution in [0.4, 0.5) is 5.69 Å². The molecule has 0 atom stereocenters. The number of ether oxygens (including phenoxy) is 1. The van der Waals surface area contributed by atoms with Gasteiger partial charge in [-0.15, -0.1) is 0 Å². The highest BCUT2D eigenvalue weighted by atomic mass is 79.9. The summed E-state index contributed by atoms with van der Waals surface area (Å²) < 4.78 is 6.70. The third kappa shape index (κ3) is 3.52. The summed E-state index contributed by atoms with van der Waals surface area (Å²) in [7, 11) is 1.31. The first-order valence-corrected chi connectivity index (χ1v) is 9.38. The topological polar surface area (TPSA) is 46.6 Å². The number of hydrogen-bond acceptors (Lipinski definition) is 3. The molecule has 0 bridgehead atoms. The van der Waals surface area contributed by atoms with E-state index in [0.717, 1.165) is 14.5 Å². The lowest BCUT2D eigenvalue weighted by Gasteiger charge is -2.18. The molecule has 1 heterocycles. The first kappa shape index (κ1) is 18.6. The Morgan fingerprint density at radius 2 is 1.77 bits per heavy atom. The van der Waals surface area contributed by atoms with E-state index in [2.05, 4.69) is 31.9 Å². The molecular formula is C20H15Br2NO3. The summed E-state index contributed by atoms with van der Waals surface area (Å²) in [4.78, 5) is 27.0. The lowest BCUT2D eigenvalue weighted by atomic mass is 10.0. The zero-order valence-electron chi connectivity index (χ0n) is 14.1. The summed E-state index contributed by atoms with van der Waals surface area (Å²) in [6, 6.07) is 14.9. The normalized spacial score (nSPS) is 15.8. The number of amides is 1. The van der Waals surface area contributed by atoms with Crippen molar-refractivity contribution in [1.82, 2.24) is 0 Å². The van der Waals surface area contributed by atoms with E-state index in [1.807, 2.05) is 48.5 Å². The van der Waals surface area contributed by atoms with Crippen molar-refractivity contribution in [3.63, 3.8) is 0 Å². The lowest BCUT2D eigenvalue weighted by molar-refractivity contribution is -0.136. The van der Waals surface area contributed by atoms with Gasteiger partial charge in [-0.05, 0) is 48.9 Å². The summed E-state index contributed by atoms with van der Waals surface area (Å²) in [5.74, 6) is -0.791. The number of rotatable bonds is 3. The Labute approximate surface area is 168 Å². The van der Waals surface area contributed by atoms with Gasteiger partial charge in [-0.25, -0.2) is 4.79 Å². The van der Waals surface area contributed by atoms with Gasteiger partial charge in [0.25, 0.3) is 5.91 Å². The minimum Gasteiger partial charge on any atom is -0.465 e. The van der Waals surface area contributed by atoms with Crippen molar-refractivity contribution >= 4 is 55.5 Å². The summed E-state index contributed by atoms with van der Waals surface area (Å²) in [6.07, 6.45) is 1.71. The third-order valence-electron chi connectivity index (χ3n) is 4.04. The molecule has 6 heteroatoms. The van der Waals surface area contributed by atoms with E-state index in [1.54, 1.807) is 13.0 Å². The highest BCUT2D eigenvalue weighted by molar-refractivity contribution is 9.10. The molecule has 0 unspecified atom stereocenters. The molecule has 0 spiro atoms. The van der Waals surface area contributed by atoms with Gasteiger partial charge in [0.05, 0.1) is 23.9 Å². The molecule has 0 aliphatic carbocycles. The number of hydrogen-bond donors (Lipinski definition) is 0. The second-order valence-corrected chi connectivity index (χ2v) is 7.51. The van der Waals surface area contributed by atoms with Crippen LogP contribution >= 0.6 is 31.9 Å². The summed E-state index contributed by atoms with van der Waals surface area (Å²) in [6.45, 7) is 1.74. The van der Waals surface area contributed by atoms with Crippen LogP contribution in [-0.2, 0) is 14.3 Å². The highest BCUT2D eigenvalue weighted by Gasteiger charge is 2.37. The molecule has 3 rings (SSSR count). The minimum absolute atomic E-state index is 0.260. The van der Waals surface area contributed by atoms with Crippen molar-refractivity contribution in [2.75, 3.05) is 12.0 Å². The number of anilines is 1. The smallest absolute Gasteiger partial charge is 0.340 e. The first-order valence-electron chi connectivity index (χ1n) is 7.79. The van der Waals surface area contributed by atoms with Gasteiger partial charge in [0.1, 0.15) is 0 Å². The Morgan fingerprint density at radius 1 is 1.08 bits per heavy atom. The zero-order valence-corrected chi connectivity index (χ0v) is 17.3. The zero-order chi connectivity index (χ0) is 18.8. The second-order valence-electron chi connectivity index (χ2n) is 5.68. The molecule has 0 fully saturated rings. The van der Waals surface area contributed by atoms with E-state index in [4.69, 9.17) is 4.74 Å². The van der Waals surface area contributed by atoms with Gasteiger partial charge >= 0.3 is 5.97 Å². The number of carbonyl (C=O) groups is 2. The fraction of sp³-hybridized carbons (Fsp3) is 0.100. The maximum atomic E-state index is 13.1. The number of nitrogens with zero attached hydrogens (tertiary/aromatic N) is 1. The van der Waals surface area contributed by atoms with Gasteiger partial charge in [-0.3, -0.25) is 9.69 Å². The predicted octanol–water partition coefficient (Wildman–Crippen LogP) is 5.09. The maximum absolute atomic E-state index is 13.1. The summed E-state index contributed by atoms with van der Waals surface area (Å²) in [5.41, 5.74) is 2.64. The quantitative estimate of drug-likeness (QED) is 0.458. The van der Waals surface area contributed by atoms with E-state index in [9.17, 15) is 9.59 Å². The molecule has 132 valence electrons. The van der Waals surface area contributed by atoms with Crippen molar-refractivity contribution in [3.05, 3.63) is 79.9 Å². The van der Waals surface area contributed by atoms with Crippen LogP contribution in [0, 0.1) is 0 Å². The Morgan fingerprint density at radius 3 is 2.38 bits per heavy atom. The van der Waals surface area contributed by atoms with Gasteiger partial charge in [0.15, 0.2) is 0 Å². The molecule has 2 aromatic carbocycles. The third-order valence-corrected chi connectivity index (χ3v) is 5.06. The van der Waals surface area contributed by atoms with Crippen LogP contribution in [0.1, 0.15) is 12.5 Å². The fourth-order valence-electron chi connectivity index (χ4n) is 2.83.